The Morgan fingerprint density at radius 3 is 2.38 bits per heavy atom. The van der Waals surface area contributed by atoms with Crippen LogP contribution in [-0.4, -0.2) is 29.7 Å². The lowest BCUT2D eigenvalue weighted by atomic mass is 9.94. The second-order valence-corrected chi connectivity index (χ2v) is 5.59. The van der Waals surface area contributed by atoms with E-state index in [1.54, 1.807) is 18.2 Å². The van der Waals surface area contributed by atoms with Gasteiger partial charge in [0.25, 0.3) is 0 Å². The fourth-order valence-corrected chi connectivity index (χ4v) is 2.87. The van der Waals surface area contributed by atoms with Gasteiger partial charge in [0.15, 0.2) is 5.78 Å². The van der Waals surface area contributed by atoms with E-state index in [9.17, 15) is 9.90 Å². The number of carbonyl (C=O) groups excluding carboxylic acids is 1. The van der Waals surface area contributed by atoms with E-state index >= 15 is 0 Å². The van der Waals surface area contributed by atoms with Crippen LogP contribution in [0.25, 0.3) is 0 Å². The number of allylic oxidation sites excluding steroid dienone is 2. The van der Waals surface area contributed by atoms with Crippen LogP contribution in [0.4, 0.5) is 11.4 Å². The molecule has 2 aromatic carbocycles. The van der Waals surface area contributed by atoms with Crippen molar-refractivity contribution in [2.24, 2.45) is 4.99 Å². The predicted molar refractivity (Wildman–Crippen MR) is 97.8 cm³/mol. The first-order valence-electron chi connectivity index (χ1n) is 8.12. The van der Waals surface area contributed by atoms with E-state index in [1.165, 1.54) is 6.08 Å². The number of rotatable bonds is 4. The monoisotopic (exact) mass is 320 g/mol. The summed E-state index contributed by atoms with van der Waals surface area (Å²) < 4.78 is 0. The summed E-state index contributed by atoms with van der Waals surface area (Å²) in [6.45, 7) is 5.91. The van der Waals surface area contributed by atoms with Gasteiger partial charge in [-0.1, -0.05) is 24.3 Å². The second-order valence-electron chi connectivity index (χ2n) is 5.59. The van der Waals surface area contributed by atoms with Gasteiger partial charge in [-0.2, -0.15) is 0 Å². The molecule has 0 fully saturated rings. The summed E-state index contributed by atoms with van der Waals surface area (Å²) in [7, 11) is 0. The third-order valence-electron chi connectivity index (χ3n) is 4.19. The minimum atomic E-state index is -0.0225. The number of hydrogen-bond acceptors (Lipinski definition) is 4. The highest BCUT2D eigenvalue weighted by Crippen LogP contribution is 2.32. The van der Waals surface area contributed by atoms with Crippen molar-refractivity contribution < 1.29 is 9.90 Å². The minimum absolute atomic E-state index is 0.0225. The molecule has 24 heavy (non-hydrogen) atoms. The fourth-order valence-electron chi connectivity index (χ4n) is 2.87. The summed E-state index contributed by atoms with van der Waals surface area (Å²) >= 11 is 0. The Labute approximate surface area is 141 Å². The maximum Gasteiger partial charge on any atom is 0.186 e. The molecule has 0 unspecified atom stereocenters. The lowest BCUT2D eigenvalue weighted by Crippen LogP contribution is -2.21. The summed E-state index contributed by atoms with van der Waals surface area (Å²) in [4.78, 5) is 18.7. The van der Waals surface area contributed by atoms with Gasteiger partial charge < -0.3 is 10.0 Å². The number of fused-ring (bicyclic) bond motifs is 1. The molecule has 1 aliphatic rings. The molecule has 0 aliphatic heterocycles. The molecule has 1 N–H and O–H groups in total. The van der Waals surface area contributed by atoms with E-state index in [-0.39, 0.29) is 11.5 Å². The van der Waals surface area contributed by atoms with Crippen molar-refractivity contribution in [2.75, 3.05) is 18.0 Å². The first-order valence-corrected chi connectivity index (χ1v) is 8.12. The van der Waals surface area contributed by atoms with Gasteiger partial charge in [-0.15, -0.1) is 0 Å². The van der Waals surface area contributed by atoms with Crippen molar-refractivity contribution in [3.05, 3.63) is 65.7 Å². The third-order valence-corrected chi connectivity index (χ3v) is 4.19. The van der Waals surface area contributed by atoms with E-state index < -0.39 is 0 Å². The number of ketones is 1. The molecule has 1 aliphatic carbocycles. The smallest absolute Gasteiger partial charge is 0.186 e. The number of aromatic hydroxyl groups is 1. The zero-order valence-electron chi connectivity index (χ0n) is 13.9. The maximum atomic E-state index is 11.9. The van der Waals surface area contributed by atoms with Crippen LogP contribution in [0.3, 0.4) is 0 Å². The van der Waals surface area contributed by atoms with Gasteiger partial charge in [0, 0.05) is 36.0 Å². The number of benzene rings is 2. The molecule has 0 saturated carbocycles. The molecule has 0 spiro atoms. The number of hydrogen-bond donors (Lipinski definition) is 1. The Bertz CT molecular complexity index is 833. The zero-order chi connectivity index (χ0) is 17.1. The highest BCUT2D eigenvalue weighted by atomic mass is 16.3. The van der Waals surface area contributed by atoms with Gasteiger partial charge in [-0.3, -0.25) is 4.79 Å². The van der Waals surface area contributed by atoms with Crippen LogP contribution in [0.2, 0.25) is 0 Å². The maximum absolute atomic E-state index is 11.9. The van der Waals surface area contributed by atoms with E-state index in [4.69, 9.17) is 0 Å². The highest BCUT2D eigenvalue weighted by Gasteiger charge is 2.17. The minimum Gasteiger partial charge on any atom is -0.506 e. The van der Waals surface area contributed by atoms with Gasteiger partial charge in [-0.05, 0) is 38.1 Å². The zero-order valence-corrected chi connectivity index (χ0v) is 13.9. The Morgan fingerprint density at radius 1 is 1.00 bits per heavy atom. The lowest BCUT2D eigenvalue weighted by Gasteiger charge is -2.21. The molecule has 2 aromatic rings. The van der Waals surface area contributed by atoms with Crippen LogP contribution < -0.4 is 4.90 Å². The summed E-state index contributed by atoms with van der Waals surface area (Å²) in [5.41, 5.74) is 3.57. The number of aliphatic imine (C=N–C) groups is 1. The molecule has 122 valence electrons. The van der Waals surface area contributed by atoms with E-state index in [1.807, 2.05) is 30.3 Å². The van der Waals surface area contributed by atoms with Crippen LogP contribution in [0.15, 0.2) is 59.6 Å². The van der Waals surface area contributed by atoms with Crippen molar-refractivity contribution in [3.8, 4) is 5.75 Å². The Balaban J connectivity index is 2.00. The van der Waals surface area contributed by atoms with Gasteiger partial charge in [0.05, 0.1) is 5.71 Å². The van der Waals surface area contributed by atoms with E-state index in [0.717, 1.165) is 24.3 Å². The van der Waals surface area contributed by atoms with E-state index in [2.05, 4.69) is 23.7 Å². The number of phenolic OH excluding ortho intramolecular Hbond substituents is 1. The van der Waals surface area contributed by atoms with Crippen LogP contribution in [-0.2, 0) is 0 Å². The molecule has 0 radical (unpaired) electrons. The van der Waals surface area contributed by atoms with Crippen molar-refractivity contribution in [1.29, 1.82) is 0 Å². The normalized spacial score (nSPS) is 14.8. The molecule has 0 amide bonds. The standard InChI is InChI=1S/C20H20N2O2/c1-3-22(4-2)14-9-10-18(20(24)13-14)21-17-11-12-19(23)16-8-6-5-7-15(16)17/h5-13,24H,3-4H2,1-2H3. The molecule has 0 bridgehead atoms. The molecular formula is C20H20N2O2. The highest BCUT2D eigenvalue weighted by molar-refractivity contribution is 6.24. The Kier molecular flexibility index (Phi) is 4.47. The molecule has 0 heterocycles. The average molecular weight is 320 g/mol. The molecule has 4 nitrogen and oxygen atoms in total. The summed E-state index contributed by atoms with van der Waals surface area (Å²) in [5, 5.41) is 10.3. The number of anilines is 1. The second kappa shape index (κ2) is 6.71. The quantitative estimate of drug-likeness (QED) is 0.922. The predicted octanol–water partition coefficient (Wildman–Crippen LogP) is 4.11. The Hall–Kier alpha value is -2.88. The van der Waals surface area contributed by atoms with Crippen molar-refractivity contribution >= 4 is 22.9 Å². The third kappa shape index (κ3) is 2.95. The molecule has 4 heteroatoms. The van der Waals surface area contributed by atoms with Crippen molar-refractivity contribution in [3.63, 3.8) is 0 Å². The van der Waals surface area contributed by atoms with Crippen molar-refractivity contribution in [1.82, 2.24) is 0 Å². The first-order chi connectivity index (χ1) is 11.6. The number of phenols is 1. The van der Waals surface area contributed by atoms with Gasteiger partial charge in [-0.25, -0.2) is 4.99 Å². The first kappa shape index (κ1) is 16.0. The van der Waals surface area contributed by atoms with Crippen LogP contribution in [0.5, 0.6) is 5.75 Å². The van der Waals surface area contributed by atoms with Crippen LogP contribution in [0, 0.1) is 0 Å². The summed E-state index contributed by atoms with van der Waals surface area (Å²) in [6, 6.07) is 12.9. The number of nitrogens with zero attached hydrogens (tertiary/aromatic N) is 2. The largest absolute Gasteiger partial charge is 0.506 e. The fraction of sp³-hybridized carbons (Fsp3) is 0.200. The number of carbonyl (C=O) groups is 1. The molecule has 0 atom stereocenters. The topological polar surface area (TPSA) is 52.9 Å². The summed E-state index contributed by atoms with van der Waals surface area (Å²) in [5.74, 6) is 0.111. The lowest BCUT2D eigenvalue weighted by molar-refractivity contribution is 0.104. The van der Waals surface area contributed by atoms with Crippen molar-refractivity contribution in [2.45, 2.75) is 13.8 Å². The van der Waals surface area contributed by atoms with Gasteiger partial charge >= 0.3 is 0 Å². The molecule has 0 aromatic heterocycles. The van der Waals surface area contributed by atoms with Crippen LogP contribution in [0.1, 0.15) is 29.8 Å². The van der Waals surface area contributed by atoms with Crippen LogP contribution >= 0.6 is 0 Å². The van der Waals surface area contributed by atoms with Gasteiger partial charge in [0.2, 0.25) is 0 Å². The molecular weight excluding hydrogens is 300 g/mol. The summed E-state index contributed by atoms with van der Waals surface area (Å²) in [6.07, 6.45) is 3.21. The SMILES string of the molecule is CCN(CC)c1ccc(N=C2C=CC(=O)c3ccccc32)c(O)c1. The Morgan fingerprint density at radius 2 is 1.71 bits per heavy atom. The van der Waals surface area contributed by atoms with E-state index in [0.29, 0.717) is 17.0 Å². The molecule has 3 rings (SSSR count). The molecule has 0 saturated heterocycles. The average Bonchev–Trinajstić information content (AvgIpc) is 2.60. The van der Waals surface area contributed by atoms with Gasteiger partial charge in [0.1, 0.15) is 11.4 Å².